The van der Waals surface area contributed by atoms with Crippen molar-refractivity contribution in [2.75, 3.05) is 13.7 Å². The summed E-state index contributed by atoms with van der Waals surface area (Å²) in [4.78, 5) is 12.7. The number of aromatic nitrogens is 4. The minimum Gasteiger partial charge on any atom is -0.481 e. The highest BCUT2D eigenvalue weighted by atomic mass is 16.5. The maximum absolute atomic E-state index is 5.14. The van der Waals surface area contributed by atoms with Gasteiger partial charge >= 0.3 is 0 Å². The van der Waals surface area contributed by atoms with Crippen molar-refractivity contribution in [2.45, 2.75) is 19.4 Å². The monoisotopic (exact) mass is 261 g/mol. The molecule has 6 nitrogen and oxygen atoms in total. The number of ether oxygens (including phenoxy) is 1. The molecule has 2 aromatic heterocycles. The van der Waals surface area contributed by atoms with Crippen LogP contribution in [0.15, 0.2) is 24.8 Å². The Hall–Kier alpha value is -1.95. The SMILES string of the molecule is CCNC(Cc1nccn1C)c1cc(OC)ncn1. The molecule has 19 heavy (non-hydrogen) atoms. The summed E-state index contributed by atoms with van der Waals surface area (Å²) in [5.41, 5.74) is 0.914. The number of nitrogens with zero attached hydrogens (tertiary/aromatic N) is 4. The molecule has 1 N–H and O–H groups in total. The molecule has 2 rings (SSSR count). The number of rotatable bonds is 6. The summed E-state index contributed by atoms with van der Waals surface area (Å²) < 4.78 is 7.16. The maximum Gasteiger partial charge on any atom is 0.216 e. The summed E-state index contributed by atoms with van der Waals surface area (Å²) in [5, 5.41) is 3.42. The van der Waals surface area contributed by atoms with Gasteiger partial charge in [0.1, 0.15) is 12.2 Å². The molecule has 0 spiro atoms. The van der Waals surface area contributed by atoms with Gasteiger partial charge in [0.25, 0.3) is 0 Å². The highest BCUT2D eigenvalue weighted by molar-refractivity contribution is 5.17. The Morgan fingerprint density at radius 2 is 2.21 bits per heavy atom. The largest absolute Gasteiger partial charge is 0.481 e. The van der Waals surface area contributed by atoms with Gasteiger partial charge in [-0.3, -0.25) is 0 Å². The Kier molecular flexibility index (Phi) is 4.46. The van der Waals surface area contributed by atoms with Gasteiger partial charge in [-0.05, 0) is 6.54 Å². The minimum absolute atomic E-state index is 0.100. The van der Waals surface area contributed by atoms with Crippen LogP contribution in [-0.2, 0) is 13.5 Å². The average molecular weight is 261 g/mol. The molecule has 2 aromatic rings. The van der Waals surface area contributed by atoms with Crippen LogP contribution in [0.25, 0.3) is 0 Å². The lowest BCUT2D eigenvalue weighted by Crippen LogP contribution is -2.25. The second-order valence-electron chi connectivity index (χ2n) is 4.25. The normalized spacial score (nSPS) is 12.4. The zero-order chi connectivity index (χ0) is 13.7. The molecule has 0 radical (unpaired) electrons. The van der Waals surface area contributed by atoms with E-state index in [2.05, 4.69) is 27.2 Å². The minimum atomic E-state index is 0.100. The smallest absolute Gasteiger partial charge is 0.216 e. The lowest BCUT2D eigenvalue weighted by atomic mass is 10.1. The van der Waals surface area contributed by atoms with Crippen LogP contribution in [-0.4, -0.2) is 33.2 Å². The fourth-order valence-corrected chi connectivity index (χ4v) is 1.96. The lowest BCUT2D eigenvalue weighted by Gasteiger charge is -2.17. The molecular formula is C13H19N5O. The van der Waals surface area contributed by atoms with Gasteiger partial charge in [0, 0.05) is 31.9 Å². The molecule has 0 saturated heterocycles. The number of methoxy groups -OCH3 is 1. The lowest BCUT2D eigenvalue weighted by molar-refractivity contribution is 0.393. The first-order valence-corrected chi connectivity index (χ1v) is 6.30. The summed E-state index contributed by atoms with van der Waals surface area (Å²) in [6, 6.07) is 1.96. The third-order valence-corrected chi connectivity index (χ3v) is 2.99. The molecule has 0 fully saturated rings. The Morgan fingerprint density at radius 3 is 2.84 bits per heavy atom. The van der Waals surface area contributed by atoms with Gasteiger partial charge in [0.05, 0.1) is 18.8 Å². The predicted molar refractivity (Wildman–Crippen MR) is 71.9 cm³/mol. The standard InChI is InChI=1S/C13H19N5O/c1-4-14-10(7-12-15-5-6-18(12)2)11-8-13(19-3)17-9-16-11/h5-6,8-10,14H,4,7H2,1-3H3. The fraction of sp³-hybridized carbons (Fsp3) is 0.462. The number of nitrogens with one attached hydrogen (secondary N) is 1. The first kappa shape index (κ1) is 13.5. The van der Waals surface area contributed by atoms with E-state index in [1.807, 2.05) is 23.9 Å². The van der Waals surface area contributed by atoms with E-state index in [4.69, 9.17) is 4.74 Å². The number of aryl methyl sites for hydroxylation is 1. The Labute approximate surface area is 112 Å². The summed E-state index contributed by atoms with van der Waals surface area (Å²) in [6.07, 6.45) is 6.05. The summed E-state index contributed by atoms with van der Waals surface area (Å²) in [5.74, 6) is 1.59. The number of hydrogen-bond donors (Lipinski definition) is 1. The summed E-state index contributed by atoms with van der Waals surface area (Å²) in [7, 11) is 3.60. The summed E-state index contributed by atoms with van der Waals surface area (Å²) in [6.45, 7) is 2.94. The van der Waals surface area contributed by atoms with Gasteiger partial charge in [-0.2, -0.15) is 0 Å². The Bertz CT molecular complexity index is 525. The number of imidazole rings is 1. The van der Waals surface area contributed by atoms with Crippen molar-refractivity contribution < 1.29 is 4.74 Å². The first-order chi connectivity index (χ1) is 9.24. The fourth-order valence-electron chi connectivity index (χ4n) is 1.96. The van der Waals surface area contributed by atoms with Crippen molar-refractivity contribution in [1.82, 2.24) is 24.8 Å². The van der Waals surface area contributed by atoms with E-state index in [1.54, 1.807) is 13.3 Å². The van der Waals surface area contributed by atoms with E-state index in [9.17, 15) is 0 Å². The van der Waals surface area contributed by atoms with Crippen LogP contribution in [0.3, 0.4) is 0 Å². The predicted octanol–water partition coefficient (Wildman–Crippen LogP) is 1.11. The molecule has 0 bridgehead atoms. The quantitative estimate of drug-likeness (QED) is 0.844. The molecule has 1 unspecified atom stereocenters. The van der Waals surface area contributed by atoms with E-state index in [1.165, 1.54) is 6.33 Å². The van der Waals surface area contributed by atoms with E-state index < -0.39 is 0 Å². The molecule has 6 heteroatoms. The van der Waals surface area contributed by atoms with Crippen molar-refractivity contribution >= 4 is 0 Å². The topological polar surface area (TPSA) is 64.9 Å². The van der Waals surface area contributed by atoms with E-state index in [0.717, 1.165) is 24.5 Å². The zero-order valence-corrected chi connectivity index (χ0v) is 11.5. The van der Waals surface area contributed by atoms with Gasteiger partial charge in [0.2, 0.25) is 5.88 Å². The number of hydrogen-bond acceptors (Lipinski definition) is 5. The van der Waals surface area contributed by atoms with E-state index in [-0.39, 0.29) is 6.04 Å². The van der Waals surface area contributed by atoms with Crippen molar-refractivity contribution in [1.29, 1.82) is 0 Å². The van der Waals surface area contributed by atoms with Crippen molar-refractivity contribution in [3.05, 3.63) is 36.3 Å². The summed E-state index contributed by atoms with van der Waals surface area (Å²) >= 11 is 0. The van der Waals surface area contributed by atoms with Gasteiger partial charge in [-0.25, -0.2) is 15.0 Å². The third kappa shape index (κ3) is 3.29. The molecule has 0 saturated carbocycles. The zero-order valence-electron chi connectivity index (χ0n) is 11.5. The number of likely N-dealkylation sites (N-methyl/N-ethyl adjacent to an activating group) is 1. The van der Waals surface area contributed by atoms with E-state index >= 15 is 0 Å². The second-order valence-corrected chi connectivity index (χ2v) is 4.25. The van der Waals surface area contributed by atoms with Crippen LogP contribution in [0.4, 0.5) is 0 Å². The van der Waals surface area contributed by atoms with Crippen LogP contribution in [0.1, 0.15) is 24.5 Å². The molecule has 1 atom stereocenters. The Balaban J connectivity index is 2.21. The molecule has 0 amide bonds. The highest BCUT2D eigenvalue weighted by Gasteiger charge is 2.16. The first-order valence-electron chi connectivity index (χ1n) is 6.30. The van der Waals surface area contributed by atoms with Gasteiger partial charge in [-0.15, -0.1) is 0 Å². The second kappa shape index (κ2) is 6.29. The molecule has 0 aliphatic rings. The van der Waals surface area contributed by atoms with Gasteiger partial charge in [-0.1, -0.05) is 6.92 Å². The average Bonchev–Trinajstić information content (AvgIpc) is 2.84. The van der Waals surface area contributed by atoms with Crippen LogP contribution < -0.4 is 10.1 Å². The maximum atomic E-state index is 5.14. The van der Waals surface area contributed by atoms with Crippen molar-refractivity contribution in [3.8, 4) is 5.88 Å². The van der Waals surface area contributed by atoms with Gasteiger partial charge < -0.3 is 14.6 Å². The molecule has 102 valence electrons. The molecule has 2 heterocycles. The van der Waals surface area contributed by atoms with Crippen molar-refractivity contribution in [2.24, 2.45) is 7.05 Å². The van der Waals surface area contributed by atoms with E-state index in [0.29, 0.717) is 5.88 Å². The van der Waals surface area contributed by atoms with Crippen LogP contribution >= 0.6 is 0 Å². The third-order valence-electron chi connectivity index (χ3n) is 2.99. The molecular weight excluding hydrogens is 242 g/mol. The molecule has 0 aromatic carbocycles. The van der Waals surface area contributed by atoms with Crippen LogP contribution in [0, 0.1) is 0 Å². The molecule has 0 aliphatic heterocycles. The molecule has 0 aliphatic carbocycles. The van der Waals surface area contributed by atoms with Crippen LogP contribution in [0.2, 0.25) is 0 Å². The highest BCUT2D eigenvalue weighted by Crippen LogP contribution is 2.18. The van der Waals surface area contributed by atoms with Crippen molar-refractivity contribution in [3.63, 3.8) is 0 Å². The Morgan fingerprint density at radius 1 is 1.37 bits per heavy atom. The van der Waals surface area contributed by atoms with Gasteiger partial charge in [0.15, 0.2) is 0 Å². The van der Waals surface area contributed by atoms with Crippen LogP contribution in [0.5, 0.6) is 5.88 Å².